The number of halogens is 1. The predicted octanol–water partition coefficient (Wildman–Crippen LogP) is 4.85. The molecule has 1 saturated heterocycles. The quantitative estimate of drug-likeness (QED) is 0.239. The van der Waals surface area contributed by atoms with E-state index in [1.54, 1.807) is 42.5 Å². The first kappa shape index (κ1) is 25.1. The lowest BCUT2D eigenvalue weighted by Crippen LogP contribution is -2.54. The van der Waals surface area contributed by atoms with Gasteiger partial charge in [-0.05, 0) is 95.1 Å². The molecule has 0 spiro atoms. The van der Waals surface area contributed by atoms with Crippen molar-refractivity contribution in [2.24, 2.45) is 0 Å². The number of urea groups is 1. The molecule has 1 aliphatic rings. The number of amides is 4. The van der Waals surface area contributed by atoms with Gasteiger partial charge in [0.05, 0.1) is 14.8 Å². The van der Waals surface area contributed by atoms with E-state index in [9.17, 15) is 19.2 Å². The number of nitrogens with zero attached hydrogens (tertiary/aromatic N) is 1. The lowest BCUT2D eigenvalue weighted by atomic mass is 10.0. The second-order valence-corrected chi connectivity index (χ2v) is 9.32. The first-order valence-electron chi connectivity index (χ1n) is 10.9. The molecule has 0 radical (unpaired) electrons. The van der Waals surface area contributed by atoms with Crippen LogP contribution in [0.5, 0.6) is 5.75 Å². The molecule has 182 valence electrons. The molecule has 1 aliphatic heterocycles. The lowest BCUT2D eigenvalue weighted by molar-refractivity contribution is -0.122. The second kappa shape index (κ2) is 10.3. The van der Waals surface area contributed by atoms with Gasteiger partial charge in [-0.1, -0.05) is 30.3 Å². The van der Waals surface area contributed by atoms with Crippen molar-refractivity contribution < 1.29 is 29.0 Å². The maximum Gasteiger partial charge on any atom is 0.335 e. The molecule has 1 heterocycles. The van der Waals surface area contributed by atoms with Crippen LogP contribution in [-0.2, 0) is 16.2 Å². The Hall–Kier alpha value is -3.99. The van der Waals surface area contributed by atoms with E-state index in [2.05, 4.69) is 27.9 Å². The molecule has 3 aromatic rings. The summed E-state index contributed by atoms with van der Waals surface area (Å²) in [6, 6.07) is 16.1. The minimum atomic E-state index is -0.992. The highest BCUT2D eigenvalue weighted by Crippen LogP contribution is 2.28. The number of anilines is 1. The number of nitrogens with one attached hydrogen (secondary N) is 1. The molecule has 0 bridgehead atoms. The average molecular weight is 596 g/mol. The first-order chi connectivity index (χ1) is 17.2. The van der Waals surface area contributed by atoms with Crippen LogP contribution < -0.4 is 15.0 Å². The zero-order valence-electron chi connectivity index (χ0n) is 19.4. The Bertz CT molecular complexity index is 1430. The summed E-state index contributed by atoms with van der Waals surface area (Å²) in [6.07, 6.45) is 1.44. The number of aromatic carboxylic acids is 1. The number of aryl methyl sites for hydroxylation is 1. The first-order valence-corrected chi connectivity index (χ1v) is 12.0. The van der Waals surface area contributed by atoms with Gasteiger partial charge in [-0.15, -0.1) is 0 Å². The van der Waals surface area contributed by atoms with Gasteiger partial charge >= 0.3 is 12.0 Å². The number of carboxylic acid groups (broad SMARTS) is 1. The summed E-state index contributed by atoms with van der Waals surface area (Å²) in [7, 11) is 0. The zero-order valence-corrected chi connectivity index (χ0v) is 21.5. The number of hydrogen-bond donors (Lipinski definition) is 2. The fraction of sp³-hybridized carbons (Fsp3) is 0.111. The van der Waals surface area contributed by atoms with E-state index in [-0.39, 0.29) is 17.7 Å². The number of carboxylic acids is 1. The van der Waals surface area contributed by atoms with Crippen molar-refractivity contribution >= 4 is 58.2 Å². The summed E-state index contributed by atoms with van der Waals surface area (Å²) in [6.45, 7) is 3.93. The average Bonchev–Trinajstić information content (AvgIpc) is 2.84. The van der Waals surface area contributed by atoms with Crippen molar-refractivity contribution in [3.8, 4) is 5.75 Å². The van der Waals surface area contributed by atoms with Crippen LogP contribution in [0, 0.1) is 17.4 Å². The largest absolute Gasteiger partial charge is 0.488 e. The standard InChI is InChI=1S/C27H21IN2O6/c1-15-4-3-5-22(16(15)2)30-25(32)20(24(31)29-27(30)35)12-18-8-11-23(21(28)13-18)36-14-17-6-9-19(10-7-17)26(33)34/h3-13H,14H2,1-2H3,(H,33,34)(H,29,31,35)/b20-12+. The van der Waals surface area contributed by atoms with E-state index in [4.69, 9.17) is 9.84 Å². The van der Waals surface area contributed by atoms with E-state index in [1.165, 1.54) is 18.2 Å². The van der Waals surface area contributed by atoms with Crippen LogP contribution in [0.15, 0.2) is 66.2 Å². The van der Waals surface area contributed by atoms with E-state index in [0.717, 1.165) is 25.2 Å². The molecule has 0 aromatic heterocycles. The Morgan fingerprint density at radius 2 is 1.78 bits per heavy atom. The molecule has 8 nitrogen and oxygen atoms in total. The molecule has 0 saturated carbocycles. The highest BCUT2D eigenvalue weighted by atomic mass is 127. The number of imide groups is 2. The third-order valence-corrected chi connectivity index (χ3v) is 6.62. The maximum atomic E-state index is 13.2. The van der Waals surface area contributed by atoms with Gasteiger partial charge in [0.25, 0.3) is 11.8 Å². The van der Waals surface area contributed by atoms with E-state index in [1.807, 2.05) is 19.9 Å². The van der Waals surface area contributed by atoms with Crippen LogP contribution in [0.2, 0.25) is 0 Å². The number of carbonyl (C=O) groups excluding carboxylic acids is 3. The molecule has 1 fully saturated rings. The van der Waals surface area contributed by atoms with Gasteiger partial charge in [-0.2, -0.15) is 0 Å². The van der Waals surface area contributed by atoms with Crippen molar-refractivity contribution in [1.82, 2.24) is 5.32 Å². The summed E-state index contributed by atoms with van der Waals surface area (Å²) >= 11 is 2.09. The highest BCUT2D eigenvalue weighted by molar-refractivity contribution is 14.1. The number of benzene rings is 3. The molecular weight excluding hydrogens is 575 g/mol. The normalized spacial score (nSPS) is 14.7. The Balaban J connectivity index is 1.55. The van der Waals surface area contributed by atoms with Gasteiger partial charge in [-0.25, -0.2) is 14.5 Å². The predicted molar refractivity (Wildman–Crippen MR) is 142 cm³/mol. The fourth-order valence-corrected chi connectivity index (χ4v) is 4.34. The Morgan fingerprint density at radius 3 is 2.44 bits per heavy atom. The van der Waals surface area contributed by atoms with Gasteiger partial charge in [0.1, 0.15) is 17.9 Å². The van der Waals surface area contributed by atoms with Crippen molar-refractivity contribution in [3.63, 3.8) is 0 Å². The molecule has 0 aliphatic carbocycles. The molecule has 0 unspecified atom stereocenters. The minimum Gasteiger partial charge on any atom is -0.488 e. The summed E-state index contributed by atoms with van der Waals surface area (Å²) in [5.74, 6) is -1.86. The number of hydrogen-bond acceptors (Lipinski definition) is 5. The Labute approximate surface area is 220 Å². The Kier molecular flexibility index (Phi) is 7.20. The summed E-state index contributed by atoms with van der Waals surface area (Å²) in [5.41, 5.74) is 3.55. The van der Waals surface area contributed by atoms with E-state index < -0.39 is 23.8 Å². The molecule has 4 amide bonds. The zero-order chi connectivity index (χ0) is 26.0. The van der Waals surface area contributed by atoms with Gasteiger partial charge in [0.2, 0.25) is 0 Å². The maximum absolute atomic E-state index is 13.2. The van der Waals surface area contributed by atoms with Crippen LogP contribution in [0.1, 0.15) is 32.6 Å². The van der Waals surface area contributed by atoms with Gasteiger partial charge < -0.3 is 9.84 Å². The third kappa shape index (κ3) is 5.15. The van der Waals surface area contributed by atoms with Crippen LogP contribution in [0.4, 0.5) is 10.5 Å². The summed E-state index contributed by atoms with van der Waals surface area (Å²) in [4.78, 5) is 50.2. The number of ether oxygens (including phenoxy) is 1. The number of rotatable bonds is 6. The summed E-state index contributed by atoms with van der Waals surface area (Å²) < 4.78 is 6.59. The van der Waals surface area contributed by atoms with E-state index >= 15 is 0 Å². The van der Waals surface area contributed by atoms with Gasteiger partial charge in [-0.3, -0.25) is 14.9 Å². The van der Waals surface area contributed by atoms with Crippen molar-refractivity contribution in [3.05, 3.63) is 97.6 Å². The summed E-state index contributed by atoms with van der Waals surface area (Å²) in [5, 5.41) is 11.2. The smallest absolute Gasteiger partial charge is 0.335 e. The number of barbiturate groups is 1. The SMILES string of the molecule is Cc1cccc(N2C(=O)NC(=O)/C(=C\c3ccc(OCc4ccc(C(=O)O)cc4)c(I)c3)C2=O)c1C. The minimum absolute atomic E-state index is 0.154. The van der Waals surface area contributed by atoms with E-state index in [0.29, 0.717) is 17.0 Å². The molecule has 2 N–H and O–H groups in total. The van der Waals surface area contributed by atoms with Crippen molar-refractivity contribution in [2.75, 3.05) is 4.90 Å². The molecule has 36 heavy (non-hydrogen) atoms. The van der Waals surface area contributed by atoms with Gasteiger partial charge in [0.15, 0.2) is 0 Å². The molecule has 3 aromatic carbocycles. The second-order valence-electron chi connectivity index (χ2n) is 8.16. The van der Waals surface area contributed by atoms with Crippen LogP contribution in [0.3, 0.4) is 0 Å². The van der Waals surface area contributed by atoms with Crippen molar-refractivity contribution in [1.29, 1.82) is 0 Å². The molecule has 4 rings (SSSR count). The number of carbonyl (C=O) groups is 4. The topological polar surface area (TPSA) is 113 Å². The third-order valence-electron chi connectivity index (χ3n) is 5.78. The van der Waals surface area contributed by atoms with Gasteiger partial charge in [0, 0.05) is 0 Å². The fourth-order valence-electron chi connectivity index (χ4n) is 3.65. The monoisotopic (exact) mass is 596 g/mol. The molecule has 0 atom stereocenters. The molecular formula is C27H21IN2O6. The highest BCUT2D eigenvalue weighted by Gasteiger charge is 2.37. The van der Waals surface area contributed by atoms with Crippen LogP contribution in [0.25, 0.3) is 6.08 Å². The lowest BCUT2D eigenvalue weighted by Gasteiger charge is -2.28. The van der Waals surface area contributed by atoms with Crippen LogP contribution >= 0.6 is 22.6 Å². The van der Waals surface area contributed by atoms with Crippen molar-refractivity contribution in [2.45, 2.75) is 20.5 Å². The Morgan fingerprint density at radius 1 is 1.06 bits per heavy atom. The molecule has 9 heteroatoms. The van der Waals surface area contributed by atoms with Crippen LogP contribution in [-0.4, -0.2) is 28.9 Å².